The number of hydrogen-bond acceptors (Lipinski definition) is 3. The van der Waals surface area contributed by atoms with Gasteiger partial charge >= 0.3 is 0 Å². The van der Waals surface area contributed by atoms with Crippen molar-refractivity contribution in [2.45, 2.75) is 32.2 Å². The minimum absolute atomic E-state index is 0.0506. The minimum atomic E-state index is -0.110. The van der Waals surface area contributed by atoms with E-state index < -0.39 is 0 Å². The van der Waals surface area contributed by atoms with Crippen LogP contribution in [0.5, 0.6) is 0 Å². The molecule has 26 heavy (non-hydrogen) atoms. The van der Waals surface area contributed by atoms with E-state index >= 15 is 0 Å². The van der Waals surface area contributed by atoms with Crippen LogP contribution in [0.15, 0.2) is 65.7 Å². The van der Waals surface area contributed by atoms with Gasteiger partial charge in [0.05, 0.1) is 17.2 Å². The molecular weight excluding hydrogens is 326 g/mol. The van der Waals surface area contributed by atoms with E-state index in [1.165, 1.54) is 16.5 Å². The fraction of sp³-hybridized carbons (Fsp3) is 0.286. The SMILES string of the molecule is CC(CCNC(=O)CCn1cnc2ccccc2c1=O)c1ccccc1. The van der Waals surface area contributed by atoms with Crippen molar-refractivity contribution in [3.8, 4) is 0 Å². The molecule has 0 bridgehead atoms. The second-order valence-electron chi connectivity index (χ2n) is 6.46. The van der Waals surface area contributed by atoms with Gasteiger partial charge < -0.3 is 5.32 Å². The Labute approximate surface area is 152 Å². The molecule has 0 saturated heterocycles. The van der Waals surface area contributed by atoms with Crippen LogP contribution in [0.25, 0.3) is 10.9 Å². The molecule has 0 spiro atoms. The Balaban J connectivity index is 1.49. The van der Waals surface area contributed by atoms with Crippen LogP contribution >= 0.6 is 0 Å². The molecule has 0 saturated carbocycles. The van der Waals surface area contributed by atoms with Crippen LogP contribution in [0.4, 0.5) is 0 Å². The number of carbonyl (C=O) groups excluding carboxylic acids is 1. The topological polar surface area (TPSA) is 64.0 Å². The Hall–Kier alpha value is -2.95. The monoisotopic (exact) mass is 349 g/mol. The van der Waals surface area contributed by atoms with Gasteiger partial charge in [0.15, 0.2) is 0 Å². The van der Waals surface area contributed by atoms with Crippen molar-refractivity contribution in [2.75, 3.05) is 6.54 Å². The molecule has 5 heteroatoms. The number of nitrogens with zero attached hydrogens (tertiary/aromatic N) is 2. The fourth-order valence-corrected chi connectivity index (χ4v) is 2.95. The van der Waals surface area contributed by atoms with Gasteiger partial charge in [-0.25, -0.2) is 4.98 Å². The summed E-state index contributed by atoms with van der Waals surface area (Å²) in [4.78, 5) is 28.7. The zero-order valence-electron chi connectivity index (χ0n) is 14.9. The molecule has 3 aromatic rings. The van der Waals surface area contributed by atoms with Gasteiger partial charge in [0.2, 0.25) is 5.91 Å². The molecule has 0 aliphatic heterocycles. The molecule has 3 rings (SSSR count). The van der Waals surface area contributed by atoms with Crippen molar-refractivity contribution >= 4 is 16.8 Å². The summed E-state index contributed by atoms with van der Waals surface area (Å²) in [6, 6.07) is 17.5. The van der Waals surface area contributed by atoms with Crippen LogP contribution in [0.2, 0.25) is 0 Å². The summed E-state index contributed by atoms with van der Waals surface area (Å²) in [5.74, 6) is 0.342. The van der Waals surface area contributed by atoms with E-state index in [0.717, 1.165) is 6.42 Å². The van der Waals surface area contributed by atoms with Crippen LogP contribution in [0.3, 0.4) is 0 Å². The largest absolute Gasteiger partial charge is 0.356 e. The number of rotatable bonds is 7. The predicted octanol–water partition coefficient (Wildman–Crippen LogP) is 3.10. The number of para-hydroxylation sites is 1. The van der Waals surface area contributed by atoms with Crippen molar-refractivity contribution in [1.29, 1.82) is 0 Å². The van der Waals surface area contributed by atoms with Crippen molar-refractivity contribution in [1.82, 2.24) is 14.9 Å². The fourth-order valence-electron chi connectivity index (χ4n) is 2.95. The molecule has 1 atom stereocenters. The summed E-state index contributed by atoms with van der Waals surface area (Å²) in [5.41, 5.74) is 1.84. The van der Waals surface area contributed by atoms with Crippen LogP contribution < -0.4 is 10.9 Å². The van der Waals surface area contributed by atoms with E-state index in [2.05, 4.69) is 29.4 Å². The second-order valence-corrected chi connectivity index (χ2v) is 6.46. The van der Waals surface area contributed by atoms with Crippen LogP contribution in [-0.4, -0.2) is 22.0 Å². The van der Waals surface area contributed by atoms with Crippen molar-refractivity contribution < 1.29 is 4.79 Å². The predicted molar refractivity (Wildman–Crippen MR) is 103 cm³/mol. The maximum atomic E-state index is 12.4. The van der Waals surface area contributed by atoms with Gasteiger partial charge in [0, 0.05) is 19.5 Å². The molecule has 0 radical (unpaired) electrons. The lowest BCUT2D eigenvalue weighted by atomic mass is 9.98. The average molecular weight is 349 g/mol. The normalized spacial score (nSPS) is 12.0. The van der Waals surface area contributed by atoms with Crippen LogP contribution in [-0.2, 0) is 11.3 Å². The summed E-state index contributed by atoms with van der Waals surface area (Å²) >= 11 is 0. The summed E-state index contributed by atoms with van der Waals surface area (Å²) < 4.78 is 1.49. The molecule has 134 valence electrons. The molecule has 0 aliphatic carbocycles. The number of hydrogen-bond donors (Lipinski definition) is 1. The van der Waals surface area contributed by atoms with Gasteiger partial charge in [-0.3, -0.25) is 14.2 Å². The molecule has 1 amide bonds. The molecule has 2 aromatic carbocycles. The average Bonchev–Trinajstić information content (AvgIpc) is 2.68. The van der Waals surface area contributed by atoms with Gasteiger partial charge in [-0.15, -0.1) is 0 Å². The third-order valence-electron chi connectivity index (χ3n) is 4.58. The maximum Gasteiger partial charge on any atom is 0.261 e. The lowest BCUT2D eigenvalue weighted by Crippen LogP contribution is -2.28. The van der Waals surface area contributed by atoms with Gasteiger partial charge in [0.25, 0.3) is 5.56 Å². The highest BCUT2D eigenvalue weighted by Gasteiger charge is 2.08. The van der Waals surface area contributed by atoms with E-state index in [0.29, 0.717) is 29.9 Å². The van der Waals surface area contributed by atoms with E-state index in [1.54, 1.807) is 6.07 Å². The number of nitrogens with one attached hydrogen (secondary N) is 1. The lowest BCUT2D eigenvalue weighted by molar-refractivity contribution is -0.121. The Kier molecular flexibility index (Phi) is 5.79. The Morgan fingerprint density at radius 3 is 2.65 bits per heavy atom. The van der Waals surface area contributed by atoms with E-state index in [4.69, 9.17) is 0 Å². The van der Waals surface area contributed by atoms with Crippen molar-refractivity contribution in [3.05, 3.63) is 76.8 Å². The van der Waals surface area contributed by atoms with Gasteiger partial charge in [-0.1, -0.05) is 49.4 Å². The Bertz CT molecular complexity index is 935. The first-order valence-corrected chi connectivity index (χ1v) is 8.91. The van der Waals surface area contributed by atoms with E-state index in [9.17, 15) is 9.59 Å². The Morgan fingerprint density at radius 2 is 1.85 bits per heavy atom. The number of aromatic nitrogens is 2. The number of amides is 1. The first kappa shape index (κ1) is 17.9. The molecule has 1 aromatic heterocycles. The highest BCUT2D eigenvalue weighted by molar-refractivity contribution is 5.77. The maximum absolute atomic E-state index is 12.4. The quantitative estimate of drug-likeness (QED) is 0.713. The standard InChI is InChI=1S/C21H23N3O2/c1-16(17-7-3-2-4-8-17)11-13-22-20(25)12-14-24-15-23-19-10-6-5-9-18(19)21(24)26/h2-10,15-16H,11-14H2,1H3,(H,22,25). The lowest BCUT2D eigenvalue weighted by Gasteiger charge is -2.12. The van der Waals surface area contributed by atoms with Crippen molar-refractivity contribution in [2.24, 2.45) is 0 Å². The van der Waals surface area contributed by atoms with Crippen LogP contribution in [0.1, 0.15) is 31.2 Å². The third-order valence-corrected chi connectivity index (χ3v) is 4.58. The molecule has 1 unspecified atom stereocenters. The summed E-state index contributed by atoms with van der Waals surface area (Å²) in [5, 5.41) is 3.51. The third kappa shape index (κ3) is 4.36. The molecular formula is C21H23N3O2. The summed E-state index contributed by atoms with van der Waals surface area (Å²) in [7, 11) is 0. The second kappa shape index (κ2) is 8.43. The molecule has 0 aliphatic rings. The number of carbonyl (C=O) groups is 1. The van der Waals surface area contributed by atoms with Crippen molar-refractivity contribution in [3.63, 3.8) is 0 Å². The summed E-state index contributed by atoms with van der Waals surface area (Å²) in [6.45, 7) is 3.11. The smallest absolute Gasteiger partial charge is 0.261 e. The van der Waals surface area contributed by atoms with Gasteiger partial charge in [-0.05, 0) is 30.0 Å². The number of fused-ring (bicyclic) bond motifs is 1. The Morgan fingerprint density at radius 1 is 1.12 bits per heavy atom. The first-order valence-electron chi connectivity index (χ1n) is 8.91. The number of aryl methyl sites for hydroxylation is 1. The highest BCUT2D eigenvalue weighted by Crippen LogP contribution is 2.17. The number of benzene rings is 2. The molecule has 1 N–H and O–H groups in total. The van der Waals surface area contributed by atoms with Gasteiger partial charge in [0.1, 0.15) is 0 Å². The van der Waals surface area contributed by atoms with Gasteiger partial charge in [-0.2, -0.15) is 0 Å². The van der Waals surface area contributed by atoms with E-state index in [-0.39, 0.29) is 17.9 Å². The molecule has 0 fully saturated rings. The van der Waals surface area contributed by atoms with E-state index in [1.807, 2.05) is 36.4 Å². The molecule has 1 heterocycles. The zero-order valence-corrected chi connectivity index (χ0v) is 14.9. The highest BCUT2D eigenvalue weighted by atomic mass is 16.1. The minimum Gasteiger partial charge on any atom is -0.356 e. The van der Waals surface area contributed by atoms with Crippen LogP contribution in [0, 0.1) is 0 Å². The molecule has 5 nitrogen and oxygen atoms in total. The zero-order chi connectivity index (χ0) is 18.4. The summed E-state index contributed by atoms with van der Waals surface area (Å²) in [6.07, 6.45) is 2.66. The first-order chi connectivity index (χ1) is 12.6.